The Bertz CT molecular complexity index is 1580. The Morgan fingerprint density at radius 1 is 1.08 bits per heavy atom. The van der Waals surface area contributed by atoms with Crippen LogP contribution in [-0.4, -0.2) is 53.6 Å². The molecule has 0 bridgehead atoms. The Kier molecular flexibility index (Phi) is 5.10. The van der Waals surface area contributed by atoms with Gasteiger partial charge in [0.05, 0.1) is 23.8 Å². The lowest BCUT2D eigenvalue weighted by molar-refractivity contribution is -0.126. The second kappa shape index (κ2) is 8.58. The summed E-state index contributed by atoms with van der Waals surface area (Å²) in [4.78, 5) is 46.0. The number of aromatic nitrogens is 6. The van der Waals surface area contributed by atoms with Crippen molar-refractivity contribution in [2.24, 2.45) is 0 Å². The molecule has 12 heteroatoms. The Balaban J connectivity index is 1.37. The molecular formula is C24H17N7O5. The van der Waals surface area contributed by atoms with Gasteiger partial charge in [-0.25, -0.2) is 19.7 Å². The third-order valence-electron chi connectivity index (χ3n) is 5.46. The molecule has 1 aliphatic heterocycles. The number of imide groups is 1. The smallest absolute Gasteiger partial charge is 0.417 e. The van der Waals surface area contributed by atoms with Crippen molar-refractivity contribution in [3.8, 4) is 34.5 Å². The topological polar surface area (TPSA) is 149 Å². The highest BCUT2D eigenvalue weighted by atomic mass is 16.6. The molecule has 4 aromatic heterocycles. The van der Waals surface area contributed by atoms with Crippen molar-refractivity contribution >= 4 is 23.0 Å². The summed E-state index contributed by atoms with van der Waals surface area (Å²) >= 11 is 0. The first-order chi connectivity index (χ1) is 17.5. The van der Waals surface area contributed by atoms with Crippen LogP contribution < -0.4 is 4.74 Å². The number of benzene rings is 1. The van der Waals surface area contributed by atoms with Crippen LogP contribution in [0.4, 0.5) is 4.79 Å². The average Bonchev–Trinajstić information content (AvgIpc) is 3.60. The number of amides is 2. The van der Waals surface area contributed by atoms with Gasteiger partial charge in [-0.05, 0) is 30.3 Å². The second-order valence-electron chi connectivity index (χ2n) is 7.93. The summed E-state index contributed by atoms with van der Waals surface area (Å²) in [6.45, 7) is 1.38. The molecule has 36 heavy (non-hydrogen) atoms. The number of nitrogens with one attached hydrogen (secondary N) is 1. The molecule has 0 aliphatic carbocycles. The van der Waals surface area contributed by atoms with Gasteiger partial charge in [0.2, 0.25) is 11.7 Å². The Morgan fingerprint density at radius 2 is 2.00 bits per heavy atom. The van der Waals surface area contributed by atoms with Gasteiger partial charge in [-0.2, -0.15) is 4.98 Å². The van der Waals surface area contributed by atoms with Crippen molar-refractivity contribution in [2.75, 3.05) is 6.61 Å². The fraction of sp³-hybridized carbons (Fsp3) is 0.125. The standard InChI is InChI=1S/C24H17N7O5/c1-13-27-23(30-36-13)17-6-5-15(10-26-17)35-20-9-19-18(28-22(29-19)16-4-2-3-7-25-16)8-14(20)11-31-21(32)12-34-24(31)33/h2-10H,11-12H2,1H3,(H,28,29). The molecule has 0 atom stereocenters. The number of carbonyl (C=O) groups is 2. The van der Waals surface area contributed by atoms with Crippen LogP contribution in [0.5, 0.6) is 11.5 Å². The number of hydrogen-bond donors (Lipinski definition) is 1. The molecule has 178 valence electrons. The molecule has 5 heterocycles. The molecule has 1 aromatic carbocycles. The van der Waals surface area contributed by atoms with E-state index in [2.05, 4.69) is 30.1 Å². The van der Waals surface area contributed by atoms with Gasteiger partial charge >= 0.3 is 6.09 Å². The van der Waals surface area contributed by atoms with Gasteiger partial charge in [-0.1, -0.05) is 11.2 Å². The molecule has 1 fully saturated rings. The lowest BCUT2D eigenvalue weighted by atomic mass is 10.1. The van der Waals surface area contributed by atoms with Crippen molar-refractivity contribution in [1.29, 1.82) is 0 Å². The molecule has 1 N–H and O–H groups in total. The summed E-state index contributed by atoms with van der Waals surface area (Å²) in [6.07, 6.45) is 2.50. The Morgan fingerprint density at radius 3 is 2.69 bits per heavy atom. The summed E-state index contributed by atoms with van der Waals surface area (Å²) in [5, 5.41) is 3.86. The van der Waals surface area contributed by atoms with Gasteiger partial charge in [0.1, 0.15) is 22.9 Å². The summed E-state index contributed by atoms with van der Waals surface area (Å²) in [5.41, 5.74) is 3.08. The molecular weight excluding hydrogens is 466 g/mol. The van der Waals surface area contributed by atoms with Gasteiger partial charge in [0.15, 0.2) is 12.4 Å². The number of imidazole rings is 1. The van der Waals surface area contributed by atoms with Crippen molar-refractivity contribution in [3.05, 3.63) is 66.3 Å². The van der Waals surface area contributed by atoms with Crippen LogP contribution in [0, 0.1) is 6.92 Å². The number of rotatable bonds is 6. The zero-order valence-electron chi connectivity index (χ0n) is 18.8. The lowest BCUT2D eigenvalue weighted by Crippen LogP contribution is -2.28. The second-order valence-corrected chi connectivity index (χ2v) is 7.93. The number of aryl methyl sites for hydroxylation is 1. The first kappa shape index (κ1) is 21.4. The lowest BCUT2D eigenvalue weighted by Gasteiger charge is -2.15. The summed E-state index contributed by atoms with van der Waals surface area (Å²) < 4.78 is 16.0. The van der Waals surface area contributed by atoms with Crippen molar-refractivity contribution in [3.63, 3.8) is 0 Å². The summed E-state index contributed by atoms with van der Waals surface area (Å²) in [7, 11) is 0. The molecule has 5 aromatic rings. The predicted molar refractivity (Wildman–Crippen MR) is 124 cm³/mol. The molecule has 0 radical (unpaired) electrons. The van der Waals surface area contributed by atoms with Crippen LogP contribution >= 0.6 is 0 Å². The van der Waals surface area contributed by atoms with E-state index in [4.69, 9.17) is 14.0 Å². The Labute approximate surface area is 202 Å². The maximum Gasteiger partial charge on any atom is 0.417 e. The van der Waals surface area contributed by atoms with Crippen molar-refractivity contribution < 1.29 is 23.6 Å². The number of aromatic amines is 1. The van der Waals surface area contributed by atoms with E-state index in [1.807, 2.05) is 18.2 Å². The van der Waals surface area contributed by atoms with Gasteiger partial charge in [-0.15, -0.1) is 0 Å². The van der Waals surface area contributed by atoms with Gasteiger partial charge in [-0.3, -0.25) is 9.78 Å². The molecule has 1 saturated heterocycles. The SMILES string of the molecule is Cc1nc(-c2ccc(Oc3cc4nc(-c5ccccn5)[nH]c4cc3CN3C(=O)COC3=O)cn2)no1. The van der Waals surface area contributed by atoms with Gasteiger partial charge in [0.25, 0.3) is 5.91 Å². The van der Waals surface area contributed by atoms with Crippen molar-refractivity contribution in [1.82, 2.24) is 35.0 Å². The maximum absolute atomic E-state index is 12.2. The van der Waals surface area contributed by atoms with Crippen molar-refractivity contribution in [2.45, 2.75) is 13.5 Å². The van der Waals surface area contributed by atoms with E-state index in [1.54, 1.807) is 37.4 Å². The van der Waals surface area contributed by atoms with E-state index in [1.165, 1.54) is 6.20 Å². The van der Waals surface area contributed by atoms with Crippen LogP contribution in [0.1, 0.15) is 11.5 Å². The van der Waals surface area contributed by atoms with E-state index in [-0.39, 0.29) is 13.2 Å². The zero-order valence-corrected chi connectivity index (χ0v) is 18.8. The van der Waals surface area contributed by atoms with Crippen LogP contribution in [-0.2, 0) is 16.1 Å². The molecule has 0 spiro atoms. The number of fused-ring (bicyclic) bond motifs is 1. The molecule has 0 unspecified atom stereocenters. The molecule has 0 saturated carbocycles. The number of carbonyl (C=O) groups excluding carboxylic acids is 2. The Hall–Kier alpha value is -5.13. The monoisotopic (exact) mass is 483 g/mol. The van der Waals surface area contributed by atoms with E-state index < -0.39 is 12.0 Å². The fourth-order valence-corrected chi connectivity index (χ4v) is 3.73. The number of H-pyrrole nitrogens is 1. The first-order valence-electron chi connectivity index (χ1n) is 10.9. The quantitative estimate of drug-likeness (QED) is 0.379. The number of hydrogen-bond acceptors (Lipinski definition) is 10. The molecule has 1 aliphatic rings. The zero-order chi connectivity index (χ0) is 24.6. The largest absolute Gasteiger partial charge is 0.455 e. The van der Waals surface area contributed by atoms with Crippen LogP contribution in [0.15, 0.2) is 59.4 Å². The first-order valence-corrected chi connectivity index (χ1v) is 10.9. The van der Waals surface area contributed by atoms with Crippen LogP contribution in [0.2, 0.25) is 0 Å². The highest BCUT2D eigenvalue weighted by Crippen LogP contribution is 2.32. The third-order valence-corrected chi connectivity index (χ3v) is 5.46. The predicted octanol–water partition coefficient (Wildman–Crippen LogP) is 3.65. The molecule has 6 rings (SSSR count). The minimum absolute atomic E-state index is 0.0332. The number of pyridine rings is 2. The highest BCUT2D eigenvalue weighted by Gasteiger charge is 2.32. The third kappa shape index (κ3) is 4.00. The van der Waals surface area contributed by atoms with E-state index in [0.717, 1.165) is 4.90 Å². The molecule has 2 amide bonds. The minimum atomic E-state index is -0.703. The number of cyclic esters (lactones) is 1. The van der Waals surface area contributed by atoms with E-state index in [0.29, 0.717) is 57.0 Å². The van der Waals surface area contributed by atoms with Gasteiger partial charge < -0.3 is 19.0 Å². The van der Waals surface area contributed by atoms with E-state index >= 15 is 0 Å². The molecule has 12 nitrogen and oxygen atoms in total. The average molecular weight is 483 g/mol. The summed E-state index contributed by atoms with van der Waals surface area (Å²) in [6, 6.07) is 12.5. The maximum atomic E-state index is 12.2. The van der Waals surface area contributed by atoms with Gasteiger partial charge in [0, 0.05) is 24.8 Å². The van der Waals surface area contributed by atoms with E-state index in [9.17, 15) is 9.59 Å². The number of ether oxygens (including phenoxy) is 2. The van der Waals surface area contributed by atoms with Crippen LogP contribution in [0.3, 0.4) is 0 Å². The number of nitrogens with zero attached hydrogens (tertiary/aromatic N) is 6. The highest BCUT2D eigenvalue weighted by molar-refractivity contribution is 5.98. The minimum Gasteiger partial charge on any atom is -0.455 e. The van der Waals surface area contributed by atoms with Crippen LogP contribution in [0.25, 0.3) is 34.1 Å². The fourth-order valence-electron chi connectivity index (χ4n) is 3.73. The normalized spacial score (nSPS) is 13.4. The summed E-state index contributed by atoms with van der Waals surface area (Å²) in [5.74, 6) is 1.78.